The Morgan fingerprint density at radius 2 is 2.00 bits per heavy atom. The van der Waals surface area contributed by atoms with E-state index in [0.717, 1.165) is 10.0 Å². The molecule has 2 aromatic carbocycles. The summed E-state index contributed by atoms with van der Waals surface area (Å²) in [4.78, 5) is 12.4. The number of hydrogen-bond donors (Lipinski definition) is 2. The molecule has 0 saturated carbocycles. The standard InChI is InChI=1S/C16H17BrN2O2/c1-10(12-5-3-4-6-14(12)17)19-16(20)13-8-7-11(18)9-15(13)21-2/h3-10H,18H2,1-2H3,(H,19,20)/t10-/m0/s1. The molecule has 0 unspecified atom stereocenters. The van der Waals surface area contributed by atoms with E-state index in [0.29, 0.717) is 17.0 Å². The number of carbonyl (C=O) groups is 1. The van der Waals surface area contributed by atoms with E-state index in [1.165, 1.54) is 7.11 Å². The summed E-state index contributed by atoms with van der Waals surface area (Å²) in [7, 11) is 1.52. The summed E-state index contributed by atoms with van der Waals surface area (Å²) < 4.78 is 6.17. The summed E-state index contributed by atoms with van der Waals surface area (Å²) in [6.07, 6.45) is 0. The summed E-state index contributed by atoms with van der Waals surface area (Å²) in [5.74, 6) is 0.266. The molecule has 0 aliphatic rings. The maximum atomic E-state index is 12.4. The molecule has 1 amide bonds. The fourth-order valence-electron chi connectivity index (χ4n) is 2.07. The van der Waals surface area contributed by atoms with E-state index < -0.39 is 0 Å². The second kappa shape index (κ2) is 6.63. The highest BCUT2D eigenvalue weighted by Gasteiger charge is 2.16. The summed E-state index contributed by atoms with van der Waals surface area (Å²) in [6, 6.07) is 12.6. The van der Waals surface area contributed by atoms with Gasteiger partial charge in [-0.15, -0.1) is 0 Å². The Bertz CT molecular complexity index is 658. The van der Waals surface area contributed by atoms with Crippen molar-refractivity contribution in [2.24, 2.45) is 0 Å². The first-order valence-corrected chi connectivity index (χ1v) is 7.31. The molecule has 5 heteroatoms. The number of nitrogens with one attached hydrogen (secondary N) is 1. The zero-order valence-electron chi connectivity index (χ0n) is 11.9. The van der Waals surface area contributed by atoms with Crippen LogP contribution in [0.4, 0.5) is 5.69 Å². The van der Waals surface area contributed by atoms with Crippen LogP contribution in [-0.2, 0) is 0 Å². The zero-order chi connectivity index (χ0) is 15.4. The van der Waals surface area contributed by atoms with Crippen LogP contribution in [0.5, 0.6) is 5.75 Å². The van der Waals surface area contributed by atoms with Crippen LogP contribution in [0.15, 0.2) is 46.9 Å². The number of hydrogen-bond acceptors (Lipinski definition) is 3. The lowest BCUT2D eigenvalue weighted by molar-refractivity contribution is 0.0937. The molecular formula is C16H17BrN2O2. The number of nitrogens with two attached hydrogens (primary N) is 1. The zero-order valence-corrected chi connectivity index (χ0v) is 13.5. The van der Waals surface area contributed by atoms with Gasteiger partial charge in [-0.1, -0.05) is 34.1 Å². The van der Waals surface area contributed by atoms with Crippen LogP contribution in [0, 0.1) is 0 Å². The molecule has 110 valence electrons. The molecule has 0 heterocycles. The van der Waals surface area contributed by atoms with Gasteiger partial charge in [0.15, 0.2) is 0 Å². The van der Waals surface area contributed by atoms with E-state index in [2.05, 4.69) is 21.2 Å². The predicted octanol–water partition coefficient (Wildman–Crippen LogP) is 3.53. The molecule has 0 aromatic heterocycles. The van der Waals surface area contributed by atoms with E-state index in [1.807, 2.05) is 31.2 Å². The SMILES string of the molecule is COc1cc(N)ccc1C(=O)N[C@@H](C)c1ccccc1Br. The molecule has 0 bridgehead atoms. The number of ether oxygens (including phenoxy) is 1. The van der Waals surface area contributed by atoms with Crippen LogP contribution in [0.25, 0.3) is 0 Å². The largest absolute Gasteiger partial charge is 0.496 e. The third kappa shape index (κ3) is 3.55. The van der Waals surface area contributed by atoms with Crippen molar-refractivity contribution >= 4 is 27.5 Å². The topological polar surface area (TPSA) is 64.3 Å². The fraction of sp³-hybridized carbons (Fsp3) is 0.188. The first-order valence-electron chi connectivity index (χ1n) is 6.51. The van der Waals surface area contributed by atoms with Gasteiger partial charge in [0.1, 0.15) is 5.75 Å². The Labute approximate surface area is 132 Å². The van der Waals surface area contributed by atoms with Gasteiger partial charge in [-0.2, -0.15) is 0 Å². The second-order valence-electron chi connectivity index (χ2n) is 4.68. The van der Waals surface area contributed by atoms with Crippen molar-refractivity contribution in [2.45, 2.75) is 13.0 Å². The lowest BCUT2D eigenvalue weighted by atomic mass is 10.1. The molecule has 0 saturated heterocycles. The molecule has 0 fully saturated rings. The van der Waals surface area contributed by atoms with Gasteiger partial charge in [0.05, 0.1) is 18.7 Å². The molecule has 0 spiro atoms. The maximum absolute atomic E-state index is 12.4. The smallest absolute Gasteiger partial charge is 0.255 e. The number of benzene rings is 2. The Morgan fingerprint density at radius 1 is 1.29 bits per heavy atom. The number of anilines is 1. The van der Waals surface area contributed by atoms with Crippen molar-refractivity contribution in [1.29, 1.82) is 0 Å². The fourth-order valence-corrected chi connectivity index (χ4v) is 2.70. The third-order valence-electron chi connectivity index (χ3n) is 3.19. The van der Waals surface area contributed by atoms with Crippen LogP contribution in [0.1, 0.15) is 28.9 Å². The van der Waals surface area contributed by atoms with E-state index >= 15 is 0 Å². The Hall–Kier alpha value is -2.01. The number of rotatable bonds is 4. The van der Waals surface area contributed by atoms with E-state index in [9.17, 15) is 4.79 Å². The van der Waals surface area contributed by atoms with Crippen LogP contribution in [-0.4, -0.2) is 13.0 Å². The monoisotopic (exact) mass is 348 g/mol. The normalized spacial score (nSPS) is 11.8. The first kappa shape index (κ1) is 15.4. The second-order valence-corrected chi connectivity index (χ2v) is 5.53. The van der Waals surface area contributed by atoms with Crippen molar-refractivity contribution in [3.05, 3.63) is 58.1 Å². The highest BCUT2D eigenvalue weighted by atomic mass is 79.9. The lowest BCUT2D eigenvalue weighted by Crippen LogP contribution is -2.27. The minimum Gasteiger partial charge on any atom is -0.496 e. The van der Waals surface area contributed by atoms with Gasteiger partial charge in [-0.05, 0) is 30.7 Å². The highest BCUT2D eigenvalue weighted by molar-refractivity contribution is 9.10. The number of carbonyl (C=O) groups excluding carboxylic acids is 1. The minimum absolute atomic E-state index is 0.129. The van der Waals surface area contributed by atoms with Gasteiger partial charge < -0.3 is 15.8 Å². The minimum atomic E-state index is -0.199. The average Bonchev–Trinajstić information content (AvgIpc) is 2.47. The Kier molecular flexibility index (Phi) is 4.85. The van der Waals surface area contributed by atoms with Gasteiger partial charge in [-0.3, -0.25) is 4.79 Å². The number of amides is 1. The molecule has 0 aliphatic heterocycles. The van der Waals surface area contributed by atoms with Gasteiger partial charge in [0.25, 0.3) is 5.91 Å². The molecular weight excluding hydrogens is 332 g/mol. The highest BCUT2D eigenvalue weighted by Crippen LogP contribution is 2.25. The van der Waals surface area contributed by atoms with Crippen molar-refractivity contribution < 1.29 is 9.53 Å². The summed E-state index contributed by atoms with van der Waals surface area (Å²) in [5.41, 5.74) is 7.73. The summed E-state index contributed by atoms with van der Waals surface area (Å²) in [5, 5.41) is 2.96. The summed E-state index contributed by atoms with van der Waals surface area (Å²) >= 11 is 3.49. The molecule has 0 aliphatic carbocycles. The molecule has 2 aromatic rings. The van der Waals surface area contributed by atoms with E-state index in [4.69, 9.17) is 10.5 Å². The van der Waals surface area contributed by atoms with Crippen molar-refractivity contribution in [3.8, 4) is 5.75 Å². The van der Waals surface area contributed by atoms with Crippen molar-refractivity contribution in [1.82, 2.24) is 5.32 Å². The summed E-state index contributed by atoms with van der Waals surface area (Å²) in [6.45, 7) is 1.93. The molecule has 1 atom stereocenters. The third-order valence-corrected chi connectivity index (χ3v) is 3.91. The quantitative estimate of drug-likeness (QED) is 0.830. The number of methoxy groups -OCH3 is 1. The average molecular weight is 349 g/mol. The number of nitrogen functional groups attached to an aromatic ring is 1. The van der Waals surface area contributed by atoms with E-state index in [-0.39, 0.29) is 11.9 Å². The molecule has 0 radical (unpaired) electrons. The van der Waals surface area contributed by atoms with Crippen molar-refractivity contribution in [3.63, 3.8) is 0 Å². The molecule has 3 N–H and O–H groups in total. The first-order chi connectivity index (χ1) is 10.0. The van der Waals surface area contributed by atoms with Gasteiger partial charge in [-0.25, -0.2) is 0 Å². The molecule has 4 nitrogen and oxygen atoms in total. The Morgan fingerprint density at radius 3 is 2.67 bits per heavy atom. The van der Waals surface area contributed by atoms with Crippen LogP contribution in [0.3, 0.4) is 0 Å². The van der Waals surface area contributed by atoms with E-state index in [1.54, 1.807) is 18.2 Å². The van der Waals surface area contributed by atoms with Gasteiger partial charge in [0, 0.05) is 16.2 Å². The molecule has 21 heavy (non-hydrogen) atoms. The van der Waals surface area contributed by atoms with Crippen LogP contribution < -0.4 is 15.8 Å². The van der Waals surface area contributed by atoms with Crippen molar-refractivity contribution in [2.75, 3.05) is 12.8 Å². The van der Waals surface area contributed by atoms with Crippen LogP contribution in [0.2, 0.25) is 0 Å². The molecule has 2 rings (SSSR count). The van der Waals surface area contributed by atoms with Crippen LogP contribution >= 0.6 is 15.9 Å². The van der Waals surface area contributed by atoms with Gasteiger partial charge >= 0.3 is 0 Å². The lowest BCUT2D eigenvalue weighted by Gasteiger charge is -2.17. The number of halogens is 1. The Balaban J connectivity index is 2.20. The van der Waals surface area contributed by atoms with Gasteiger partial charge in [0.2, 0.25) is 0 Å². The maximum Gasteiger partial charge on any atom is 0.255 e. The predicted molar refractivity (Wildman–Crippen MR) is 87.4 cm³/mol.